The number of pyridine rings is 1. The molecule has 0 unspecified atom stereocenters. The fraction of sp³-hybridized carbons (Fsp3) is 0.0455. The molecule has 31 heavy (non-hydrogen) atoms. The number of hydrogen-bond donors (Lipinski definition) is 0. The van der Waals surface area contributed by atoms with Crippen LogP contribution in [0.1, 0.15) is 5.56 Å². The summed E-state index contributed by atoms with van der Waals surface area (Å²) in [6.45, 7) is -0.0137. The van der Waals surface area contributed by atoms with Gasteiger partial charge in [-0.1, -0.05) is 29.8 Å². The maximum absolute atomic E-state index is 13.9. The molecule has 0 atom stereocenters. The van der Waals surface area contributed by atoms with Gasteiger partial charge in [-0.25, -0.2) is 21.6 Å². The van der Waals surface area contributed by atoms with Crippen LogP contribution in [0.15, 0.2) is 81.4 Å². The standard InChI is InChI=1S/C22H13ClF3NO3S/c23-14-2-1-3-16(8-14)31(29,30)21-12-27(11-13-4-6-15(24)7-5-13)20-10-19(26)18(25)9-17(20)22(21)28/h1-10,12H,11H2. The van der Waals surface area contributed by atoms with Gasteiger partial charge in [-0.15, -0.1) is 0 Å². The first-order valence-electron chi connectivity index (χ1n) is 8.94. The topological polar surface area (TPSA) is 56.1 Å². The van der Waals surface area contributed by atoms with E-state index in [9.17, 15) is 26.4 Å². The molecule has 0 bridgehead atoms. The van der Waals surface area contributed by atoms with Gasteiger partial charge in [0.1, 0.15) is 10.7 Å². The Morgan fingerprint density at radius 2 is 1.58 bits per heavy atom. The summed E-state index contributed by atoms with van der Waals surface area (Å²) in [6, 6.07) is 12.2. The van der Waals surface area contributed by atoms with Crippen molar-refractivity contribution in [2.75, 3.05) is 0 Å². The molecule has 158 valence electrons. The molecule has 0 N–H and O–H groups in total. The van der Waals surface area contributed by atoms with Gasteiger partial charge >= 0.3 is 0 Å². The van der Waals surface area contributed by atoms with Crippen molar-refractivity contribution in [3.8, 4) is 0 Å². The average molecular weight is 464 g/mol. The molecular weight excluding hydrogens is 451 g/mol. The van der Waals surface area contributed by atoms with Gasteiger partial charge in [-0.05, 0) is 42.0 Å². The third-order valence-electron chi connectivity index (χ3n) is 4.75. The molecule has 0 spiro atoms. The van der Waals surface area contributed by atoms with Crippen LogP contribution in [0, 0.1) is 17.5 Å². The predicted molar refractivity (Wildman–Crippen MR) is 111 cm³/mol. The summed E-state index contributed by atoms with van der Waals surface area (Å²) in [6.07, 6.45) is 1.07. The second kappa shape index (κ2) is 7.86. The fourth-order valence-electron chi connectivity index (χ4n) is 3.23. The Hall–Kier alpha value is -3.10. The number of fused-ring (bicyclic) bond motifs is 1. The summed E-state index contributed by atoms with van der Waals surface area (Å²) in [4.78, 5) is 12.2. The second-order valence-corrected chi connectivity index (χ2v) is 9.18. The summed E-state index contributed by atoms with van der Waals surface area (Å²) in [5.74, 6) is -2.94. The molecule has 4 aromatic rings. The first-order valence-corrected chi connectivity index (χ1v) is 10.8. The Bertz CT molecular complexity index is 1480. The highest BCUT2D eigenvalue weighted by Gasteiger charge is 2.25. The predicted octanol–water partition coefficient (Wildman–Crippen LogP) is 4.95. The minimum Gasteiger partial charge on any atom is -0.341 e. The Labute approximate surface area is 180 Å². The van der Waals surface area contributed by atoms with Crippen molar-refractivity contribution in [3.63, 3.8) is 0 Å². The zero-order valence-electron chi connectivity index (χ0n) is 15.7. The lowest BCUT2D eigenvalue weighted by atomic mass is 10.1. The van der Waals surface area contributed by atoms with E-state index in [1.165, 1.54) is 53.1 Å². The highest BCUT2D eigenvalue weighted by Crippen LogP contribution is 2.25. The van der Waals surface area contributed by atoms with Crippen LogP contribution < -0.4 is 5.43 Å². The molecule has 0 amide bonds. The lowest BCUT2D eigenvalue weighted by Crippen LogP contribution is -2.20. The summed E-state index contributed by atoms with van der Waals surface area (Å²) >= 11 is 5.89. The average Bonchev–Trinajstić information content (AvgIpc) is 2.73. The molecule has 0 aliphatic heterocycles. The Balaban J connectivity index is 2.00. The summed E-state index contributed by atoms with van der Waals surface area (Å²) in [5, 5.41) is -0.147. The van der Waals surface area contributed by atoms with E-state index in [2.05, 4.69) is 0 Å². The van der Waals surface area contributed by atoms with Crippen molar-refractivity contribution in [1.82, 2.24) is 4.57 Å². The zero-order chi connectivity index (χ0) is 22.3. The van der Waals surface area contributed by atoms with Crippen LogP contribution in [0.2, 0.25) is 5.02 Å². The third kappa shape index (κ3) is 3.96. The van der Waals surface area contributed by atoms with Crippen molar-refractivity contribution in [3.05, 3.63) is 105 Å². The maximum atomic E-state index is 13.9. The van der Waals surface area contributed by atoms with Crippen LogP contribution in [0.5, 0.6) is 0 Å². The molecule has 1 heterocycles. The molecule has 1 aromatic heterocycles. The molecule has 0 saturated heterocycles. The van der Waals surface area contributed by atoms with Crippen molar-refractivity contribution >= 4 is 32.3 Å². The molecular formula is C22H13ClF3NO3S. The number of nitrogens with zero attached hydrogens (tertiary/aromatic N) is 1. The second-order valence-electron chi connectivity index (χ2n) is 6.82. The third-order valence-corrected chi connectivity index (χ3v) is 6.73. The van der Waals surface area contributed by atoms with Crippen molar-refractivity contribution in [2.45, 2.75) is 16.3 Å². The highest BCUT2D eigenvalue weighted by atomic mass is 35.5. The lowest BCUT2D eigenvalue weighted by molar-refractivity contribution is 0.510. The molecule has 3 aromatic carbocycles. The molecule has 4 nitrogen and oxygen atoms in total. The number of sulfone groups is 1. The summed E-state index contributed by atoms with van der Waals surface area (Å²) in [5.41, 5.74) is -0.412. The SMILES string of the molecule is O=c1c(S(=O)(=O)c2cccc(Cl)c2)cn(Cc2ccc(F)cc2)c2cc(F)c(F)cc12. The monoisotopic (exact) mass is 463 g/mol. The van der Waals surface area contributed by atoms with Gasteiger partial charge in [0.15, 0.2) is 11.6 Å². The van der Waals surface area contributed by atoms with Crippen LogP contribution in [-0.2, 0) is 16.4 Å². The highest BCUT2D eigenvalue weighted by molar-refractivity contribution is 7.91. The van der Waals surface area contributed by atoms with Gasteiger partial charge in [-0.3, -0.25) is 4.79 Å². The quantitative estimate of drug-likeness (QED) is 0.430. The van der Waals surface area contributed by atoms with E-state index in [4.69, 9.17) is 11.6 Å². The minimum absolute atomic E-state index is 0.00160. The molecule has 0 aliphatic rings. The van der Waals surface area contributed by atoms with Crippen LogP contribution >= 0.6 is 11.6 Å². The van der Waals surface area contributed by atoms with Gasteiger partial charge in [0.05, 0.1) is 15.8 Å². The van der Waals surface area contributed by atoms with E-state index < -0.39 is 37.6 Å². The van der Waals surface area contributed by atoms with Gasteiger partial charge in [0.25, 0.3) is 0 Å². The van der Waals surface area contributed by atoms with Crippen LogP contribution in [-0.4, -0.2) is 13.0 Å². The van der Waals surface area contributed by atoms with Gasteiger partial charge < -0.3 is 4.57 Å². The van der Waals surface area contributed by atoms with Crippen LogP contribution in [0.3, 0.4) is 0 Å². The number of rotatable bonds is 4. The summed E-state index contributed by atoms with van der Waals surface area (Å²) in [7, 11) is -4.32. The first kappa shape index (κ1) is 21.1. The van der Waals surface area contributed by atoms with E-state index in [1.54, 1.807) is 0 Å². The van der Waals surface area contributed by atoms with E-state index in [0.717, 1.165) is 12.3 Å². The molecule has 0 aliphatic carbocycles. The van der Waals surface area contributed by atoms with Crippen molar-refractivity contribution in [2.24, 2.45) is 0 Å². The minimum atomic E-state index is -4.32. The van der Waals surface area contributed by atoms with E-state index in [1.807, 2.05) is 0 Å². The van der Waals surface area contributed by atoms with E-state index in [0.29, 0.717) is 11.6 Å². The Kier molecular flexibility index (Phi) is 5.36. The maximum Gasteiger partial charge on any atom is 0.211 e. The Morgan fingerprint density at radius 3 is 2.26 bits per heavy atom. The first-order chi connectivity index (χ1) is 14.7. The van der Waals surface area contributed by atoms with E-state index >= 15 is 0 Å². The van der Waals surface area contributed by atoms with E-state index in [-0.39, 0.29) is 27.4 Å². The molecule has 0 saturated carbocycles. The van der Waals surface area contributed by atoms with Crippen molar-refractivity contribution < 1.29 is 21.6 Å². The number of benzene rings is 3. The fourth-order valence-corrected chi connectivity index (χ4v) is 4.90. The smallest absolute Gasteiger partial charge is 0.211 e. The summed E-state index contributed by atoms with van der Waals surface area (Å²) < 4.78 is 68.7. The molecule has 0 fully saturated rings. The molecule has 4 rings (SSSR count). The number of hydrogen-bond acceptors (Lipinski definition) is 3. The van der Waals surface area contributed by atoms with Gasteiger partial charge in [0, 0.05) is 23.8 Å². The number of aromatic nitrogens is 1. The van der Waals surface area contributed by atoms with Crippen molar-refractivity contribution in [1.29, 1.82) is 0 Å². The van der Waals surface area contributed by atoms with Gasteiger partial charge in [0.2, 0.25) is 15.3 Å². The normalized spacial score (nSPS) is 11.7. The van der Waals surface area contributed by atoms with Gasteiger partial charge in [-0.2, -0.15) is 0 Å². The molecule has 9 heteroatoms. The zero-order valence-corrected chi connectivity index (χ0v) is 17.2. The Morgan fingerprint density at radius 1 is 0.903 bits per heavy atom. The molecule has 0 radical (unpaired) electrons. The lowest BCUT2D eigenvalue weighted by Gasteiger charge is -2.15. The van der Waals surface area contributed by atoms with Crippen LogP contribution in [0.25, 0.3) is 10.9 Å². The van der Waals surface area contributed by atoms with Crippen LogP contribution in [0.4, 0.5) is 13.2 Å². The number of halogens is 4. The largest absolute Gasteiger partial charge is 0.341 e.